The lowest BCUT2D eigenvalue weighted by molar-refractivity contribution is -0.143. The molecule has 0 aliphatic carbocycles. The molecule has 2 aromatic carbocycles. The number of rotatable bonds is 6. The number of halogens is 1. The summed E-state index contributed by atoms with van der Waals surface area (Å²) in [4.78, 5) is 16.5. The van der Waals surface area contributed by atoms with E-state index in [1.807, 2.05) is 28.8 Å². The smallest absolute Gasteiger partial charge is 0.326 e. The van der Waals surface area contributed by atoms with Crippen molar-refractivity contribution in [2.24, 2.45) is 0 Å². The van der Waals surface area contributed by atoms with Gasteiger partial charge < -0.3 is 14.0 Å². The summed E-state index contributed by atoms with van der Waals surface area (Å²) in [5.74, 6) is 1.06. The Hall–Kier alpha value is -2.53. The molecule has 0 bridgehead atoms. The highest BCUT2D eigenvalue weighted by atomic mass is 35.5. The van der Waals surface area contributed by atoms with Crippen molar-refractivity contribution in [3.63, 3.8) is 0 Å². The molecule has 3 aromatic rings. The summed E-state index contributed by atoms with van der Waals surface area (Å²) in [6.45, 7) is 2.49. The zero-order valence-corrected chi connectivity index (χ0v) is 14.0. The number of hydrogen-bond acceptors (Lipinski definition) is 4. The average molecular weight is 345 g/mol. The molecule has 124 valence electrons. The number of carbonyl (C=O) groups is 1. The molecular weight excluding hydrogens is 328 g/mol. The minimum Gasteiger partial charge on any atom is -0.486 e. The van der Waals surface area contributed by atoms with Gasteiger partial charge in [-0.3, -0.25) is 4.79 Å². The lowest BCUT2D eigenvalue weighted by atomic mass is 10.3. The Morgan fingerprint density at radius 3 is 2.67 bits per heavy atom. The standard InChI is InChI=1S/C18H17ClN2O3/c1-2-23-18(22)11-21-16-6-4-3-5-15(16)20-17(21)12-24-14-9-7-13(19)8-10-14/h3-10H,2,11-12H2,1H3. The van der Waals surface area contributed by atoms with Gasteiger partial charge in [0.25, 0.3) is 0 Å². The number of imidazole rings is 1. The first-order chi connectivity index (χ1) is 11.7. The molecule has 0 atom stereocenters. The largest absolute Gasteiger partial charge is 0.486 e. The lowest BCUT2D eigenvalue weighted by Gasteiger charge is -2.10. The van der Waals surface area contributed by atoms with Gasteiger partial charge in [0.05, 0.1) is 17.6 Å². The van der Waals surface area contributed by atoms with Crippen LogP contribution in [-0.2, 0) is 22.7 Å². The highest BCUT2D eigenvalue weighted by Gasteiger charge is 2.14. The molecule has 0 N–H and O–H groups in total. The molecule has 0 saturated carbocycles. The van der Waals surface area contributed by atoms with Gasteiger partial charge in [0.15, 0.2) is 0 Å². The number of carbonyl (C=O) groups excluding carboxylic acids is 1. The fourth-order valence-electron chi connectivity index (χ4n) is 2.43. The van der Waals surface area contributed by atoms with E-state index in [-0.39, 0.29) is 19.1 Å². The molecule has 0 amide bonds. The number of esters is 1. The van der Waals surface area contributed by atoms with Gasteiger partial charge in [0.1, 0.15) is 24.7 Å². The second-order valence-electron chi connectivity index (χ2n) is 5.15. The SMILES string of the molecule is CCOC(=O)Cn1c(COc2ccc(Cl)cc2)nc2ccccc21. The average Bonchev–Trinajstić information content (AvgIpc) is 2.92. The van der Waals surface area contributed by atoms with Crippen molar-refractivity contribution in [3.8, 4) is 5.75 Å². The minimum absolute atomic E-state index is 0.105. The van der Waals surface area contributed by atoms with E-state index >= 15 is 0 Å². The number of benzene rings is 2. The summed E-state index contributed by atoms with van der Waals surface area (Å²) in [6, 6.07) is 14.8. The van der Waals surface area contributed by atoms with E-state index in [1.165, 1.54) is 0 Å². The normalized spacial score (nSPS) is 10.8. The van der Waals surface area contributed by atoms with Crippen molar-refractivity contribution in [3.05, 3.63) is 59.4 Å². The molecule has 24 heavy (non-hydrogen) atoms. The monoisotopic (exact) mass is 344 g/mol. The van der Waals surface area contributed by atoms with Crippen LogP contribution in [0.2, 0.25) is 5.02 Å². The maximum atomic E-state index is 11.9. The van der Waals surface area contributed by atoms with E-state index in [9.17, 15) is 4.79 Å². The van der Waals surface area contributed by atoms with Crippen molar-refractivity contribution in [2.75, 3.05) is 6.61 Å². The number of ether oxygens (including phenoxy) is 2. The molecule has 1 aromatic heterocycles. The van der Waals surface area contributed by atoms with Crippen molar-refractivity contribution in [1.29, 1.82) is 0 Å². The first kappa shape index (κ1) is 16.3. The summed E-state index contributed by atoms with van der Waals surface area (Å²) in [5.41, 5.74) is 1.69. The Balaban J connectivity index is 1.85. The van der Waals surface area contributed by atoms with Gasteiger partial charge in [-0.15, -0.1) is 0 Å². The Morgan fingerprint density at radius 2 is 1.92 bits per heavy atom. The van der Waals surface area contributed by atoms with Crippen LogP contribution in [0.25, 0.3) is 11.0 Å². The fourth-order valence-corrected chi connectivity index (χ4v) is 2.55. The van der Waals surface area contributed by atoms with Crippen molar-refractivity contribution >= 4 is 28.6 Å². The maximum Gasteiger partial charge on any atom is 0.326 e. The molecule has 0 fully saturated rings. The van der Waals surface area contributed by atoms with Crippen LogP contribution in [0.3, 0.4) is 0 Å². The zero-order chi connectivity index (χ0) is 16.9. The molecule has 0 saturated heterocycles. The Bertz CT molecular complexity index is 843. The van der Waals surface area contributed by atoms with Gasteiger partial charge in [0, 0.05) is 5.02 Å². The van der Waals surface area contributed by atoms with Crippen LogP contribution in [0.4, 0.5) is 0 Å². The minimum atomic E-state index is -0.298. The number of hydrogen-bond donors (Lipinski definition) is 0. The molecule has 0 aliphatic rings. The van der Waals surface area contributed by atoms with E-state index in [0.717, 1.165) is 11.0 Å². The highest BCUT2D eigenvalue weighted by Crippen LogP contribution is 2.20. The zero-order valence-electron chi connectivity index (χ0n) is 13.2. The molecule has 3 rings (SSSR count). The predicted octanol–water partition coefficient (Wildman–Crippen LogP) is 3.83. The van der Waals surface area contributed by atoms with Crippen LogP contribution in [0.1, 0.15) is 12.7 Å². The van der Waals surface area contributed by atoms with E-state index < -0.39 is 0 Å². The summed E-state index contributed by atoms with van der Waals surface area (Å²) in [7, 11) is 0. The van der Waals surface area contributed by atoms with Gasteiger partial charge >= 0.3 is 5.97 Å². The van der Waals surface area contributed by atoms with Crippen LogP contribution in [0.5, 0.6) is 5.75 Å². The van der Waals surface area contributed by atoms with Gasteiger partial charge in [-0.05, 0) is 43.3 Å². The van der Waals surface area contributed by atoms with Crippen LogP contribution in [0.15, 0.2) is 48.5 Å². The third-order valence-corrected chi connectivity index (χ3v) is 3.76. The van der Waals surface area contributed by atoms with E-state index in [4.69, 9.17) is 21.1 Å². The number of fused-ring (bicyclic) bond motifs is 1. The molecule has 0 spiro atoms. The summed E-state index contributed by atoms with van der Waals surface area (Å²) < 4.78 is 12.6. The Labute approximate surface area is 144 Å². The molecule has 5 nitrogen and oxygen atoms in total. The van der Waals surface area contributed by atoms with Crippen LogP contribution >= 0.6 is 11.6 Å². The molecule has 1 heterocycles. The first-order valence-electron chi connectivity index (χ1n) is 7.65. The summed E-state index contributed by atoms with van der Waals surface area (Å²) in [5, 5.41) is 0.650. The van der Waals surface area contributed by atoms with Crippen molar-refractivity contribution < 1.29 is 14.3 Å². The highest BCUT2D eigenvalue weighted by molar-refractivity contribution is 6.30. The molecule has 6 heteroatoms. The molecule has 0 unspecified atom stereocenters. The van der Waals surface area contributed by atoms with Crippen LogP contribution in [-0.4, -0.2) is 22.1 Å². The van der Waals surface area contributed by atoms with Gasteiger partial charge in [0.2, 0.25) is 0 Å². The number of nitrogens with zero attached hydrogens (tertiary/aromatic N) is 2. The van der Waals surface area contributed by atoms with E-state index in [0.29, 0.717) is 23.2 Å². The number of aromatic nitrogens is 2. The Kier molecular flexibility index (Phi) is 5.01. The van der Waals surface area contributed by atoms with E-state index in [2.05, 4.69) is 4.98 Å². The summed E-state index contributed by atoms with van der Waals surface area (Å²) in [6.07, 6.45) is 0. The van der Waals surface area contributed by atoms with Crippen LogP contribution < -0.4 is 4.74 Å². The quantitative estimate of drug-likeness (QED) is 0.638. The lowest BCUT2D eigenvalue weighted by Crippen LogP contribution is -2.16. The van der Waals surface area contributed by atoms with Crippen molar-refractivity contribution in [1.82, 2.24) is 9.55 Å². The van der Waals surface area contributed by atoms with Gasteiger partial charge in [-0.25, -0.2) is 4.98 Å². The topological polar surface area (TPSA) is 53.4 Å². The summed E-state index contributed by atoms with van der Waals surface area (Å²) >= 11 is 5.87. The first-order valence-corrected chi connectivity index (χ1v) is 8.03. The van der Waals surface area contributed by atoms with Crippen LogP contribution in [0, 0.1) is 0 Å². The third kappa shape index (κ3) is 3.68. The number of para-hydroxylation sites is 2. The molecular formula is C18H17ClN2O3. The second kappa shape index (κ2) is 7.36. The predicted molar refractivity (Wildman–Crippen MR) is 92.2 cm³/mol. The Morgan fingerprint density at radius 1 is 1.17 bits per heavy atom. The van der Waals surface area contributed by atoms with Gasteiger partial charge in [-0.1, -0.05) is 23.7 Å². The third-order valence-electron chi connectivity index (χ3n) is 3.51. The second-order valence-corrected chi connectivity index (χ2v) is 5.59. The fraction of sp³-hybridized carbons (Fsp3) is 0.222. The van der Waals surface area contributed by atoms with E-state index in [1.54, 1.807) is 31.2 Å². The van der Waals surface area contributed by atoms with Crippen molar-refractivity contribution in [2.45, 2.75) is 20.1 Å². The van der Waals surface area contributed by atoms with Gasteiger partial charge in [-0.2, -0.15) is 0 Å². The maximum absolute atomic E-state index is 11.9. The molecule has 0 aliphatic heterocycles. The molecule has 0 radical (unpaired) electrons.